The van der Waals surface area contributed by atoms with Crippen LogP contribution in [0.5, 0.6) is 17.2 Å². The highest BCUT2D eigenvalue weighted by atomic mass is 127. The first-order chi connectivity index (χ1) is 13.0. The number of aliphatic imine (C=N–C) groups is 1. The molecule has 0 radical (unpaired) electrons. The predicted octanol–water partition coefficient (Wildman–Crippen LogP) is 4.47. The first-order valence-electron chi connectivity index (χ1n) is 9.06. The predicted molar refractivity (Wildman–Crippen MR) is 126 cm³/mol. The molecule has 2 aromatic rings. The smallest absolute Gasteiger partial charge is 0.193 e. The van der Waals surface area contributed by atoms with Crippen LogP contribution in [0, 0.1) is 0 Å². The number of nitrogens with zero attached hydrogens (tertiary/aromatic N) is 1. The van der Waals surface area contributed by atoms with Gasteiger partial charge in [0, 0.05) is 12.2 Å². The van der Waals surface area contributed by atoms with Crippen molar-refractivity contribution in [3.63, 3.8) is 0 Å². The van der Waals surface area contributed by atoms with Crippen LogP contribution < -0.4 is 25.3 Å². The Morgan fingerprint density at radius 3 is 2.32 bits per heavy atom. The van der Waals surface area contributed by atoms with Crippen LogP contribution in [0.2, 0.25) is 0 Å². The number of rotatable bonds is 9. The molecule has 0 aliphatic carbocycles. The lowest BCUT2D eigenvalue weighted by molar-refractivity contribution is 0.242. The summed E-state index contributed by atoms with van der Waals surface area (Å²) in [5.41, 5.74) is 7.94. The number of hydrogen-bond donors (Lipinski definition) is 2. The molecule has 0 saturated heterocycles. The van der Waals surface area contributed by atoms with E-state index in [2.05, 4.69) is 10.3 Å². The van der Waals surface area contributed by atoms with Crippen molar-refractivity contribution in [3.8, 4) is 17.2 Å². The minimum Gasteiger partial charge on any atom is -0.497 e. The van der Waals surface area contributed by atoms with Crippen LogP contribution in [0.25, 0.3) is 0 Å². The molecule has 6 nitrogen and oxygen atoms in total. The molecule has 0 spiro atoms. The van der Waals surface area contributed by atoms with E-state index in [1.807, 2.05) is 56.3 Å². The van der Waals surface area contributed by atoms with Crippen molar-refractivity contribution < 1.29 is 14.2 Å². The third kappa shape index (κ3) is 7.84. The van der Waals surface area contributed by atoms with Crippen LogP contribution in [0.15, 0.2) is 47.5 Å². The monoisotopic (exact) mass is 499 g/mol. The van der Waals surface area contributed by atoms with E-state index >= 15 is 0 Å². The maximum atomic E-state index is 5.97. The number of benzene rings is 2. The minimum atomic E-state index is 0. The van der Waals surface area contributed by atoms with Crippen molar-refractivity contribution in [1.82, 2.24) is 0 Å². The van der Waals surface area contributed by atoms with Crippen molar-refractivity contribution in [1.29, 1.82) is 0 Å². The van der Waals surface area contributed by atoms with Gasteiger partial charge in [-0.2, -0.15) is 0 Å². The molecule has 0 aliphatic rings. The van der Waals surface area contributed by atoms with E-state index in [9.17, 15) is 0 Å². The van der Waals surface area contributed by atoms with Crippen molar-refractivity contribution >= 4 is 35.6 Å². The largest absolute Gasteiger partial charge is 0.497 e. The lowest BCUT2D eigenvalue weighted by Gasteiger charge is -2.11. The highest BCUT2D eigenvalue weighted by Crippen LogP contribution is 2.25. The van der Waals surface area contributed by atoms with Gasteiger partial charge >= 0.3 is 0 Å². The molecule has 3 N–H and O–H groups in total. The Balaban J connectivity index is 0.00000392. The van der Waals surface area contributed by atoms with E-state index < -0.39 is 0 Å². The van der Waals surface area contributed by atoms with Crippen LogP contribution in [0.3, 0.4) is 0 Å². The number of nitrogens with one attached hydrogen (secondary N) is 1. The second-order valence-corrected chi connectivity index (χ2v) is 6.36. The molecular formula is C21H30IN3O3. The molecular weight excluding hydrogens is 469 g/mol. The average Bonchev–Trinajstić information content (AvgIpc) is 2.66. The van der Waals surface area contributed by atoms with E-state index in [4.69, 9.17) is 19.9 Å². The fourth-order valence-electron chi connectivity index (χ4n) is 2.62. The Labute approximate surface area is 184 Å². The maximum Gasteiger partial charge on any atom is 0.193 e. The highest BCUT2D eigenvalue weighted by Gasteiger charge is 2.05. The molecule has 0 amide bonds. The molecule has 0 heterocycles. The first-order valence-corrected chi connectivity index (χ1v) is 9.06. The number of methoxy groups -OCH3 is 2. The molecule has 0 unspecified atom stereocenters. The topological polar surface area (TPSA) is 78.1 Å². The Morgan fingerprint density at radius 2 is 1.71 bits per heavy atom. The molecule has 0 saturated carbocycles. The first kappa shape index (κ1) is 23.9. The molecule has 0 aliphatic heterocycles. The van der Waals surface area contributed by atoms with E-state index in [1.54, 1.807) is 14.2 Å². The normalized spacial score (nSPS) is 11.0. The van der Waals surface area contributed by atoms with Gasteiger partial charge in [0.25, 0.3) is 0 Å². The Hall–Kier alpha value is -2.16. The fraction of sp³-hybridized carbons (Fsp3) is 0.381. The summed E-state index contributed by atoms with van der Waals surface area (Å²) in [7, 11) is 3.33. The number of guanidine groups is 1. The van der Waals surface area contributed by atoms with E-state index in [1.165, 1.54) is 0 Å². The van der Waals surface area contributed by atoms with Crippen LogP contribution >= 0.6 is 24.0 Å². The van der Waals surface area contributed by atoms with Crippen molar-refractivity contribution in [2.75, 3.05) is 26.1 Å². The zero-order valence-corrected chi connectivity index (χ0v) is 19.2. The number of ether oxygens (including phenoxy) is 3. The molecule has 28 heavy (non-hydrogen) atoms. The standard InChI is InChI=1S/C21H29N3O3.HI/c1-15(2)27-18-9-7-17(8-10-18)24-21(22)23-13-5-6-16-14-19(25-3)11-12-20(16)26-4;/h7-12,14-15H,5-6,13H2,1-4H3,(H3,22,23,24);1H. The minimum absolute atomic E-state index is 0. The molecule has 0 aromatic heterocycles. The summed E-state index contributed by atoms with van der Waals surface area (Å²) in [6.45, 7) is 4.61. The van der Waals surface area contributed by atoms with Gasteiger partial charge in [-0.05, 0) is 74.7 Å². The quantitative estimate of drug-likeness (QED) is 0.231. The molecule has 2 rings (SSSR count). The fourth-order valence-corrected chi connectivity index (χ4v) is 2.62. The third-order valence-corrected chi connectivity index (χ3v) is 3.87. The summed E-state index contributed by atoms with van der Waals surface area (Å²) in [5.74, 6) is 2.90. The van der Waals surface area contributed by atoms with Gasteiger partial charge in [-0.3, -0.25) is 4.99 Å². The number of aryl methyl sites for hydroxylation is 1. The summed E-state index contributed by atoms with van der Waals surface area (Å²) in [5, 5.41) is 3.09. The van der Waals surface area contributed by atoms with Gasteiger partial charge in [0.2, 0.25) is 0 Å². The number of anilines is 1. The lowest BCUT2D eigenvalue weighted by Crippen LogP contribution is -2.22. The van der Waals surface area contributed by atoms with Crippen LogP contribution in [-0.4, -0.2) is 32.8 Å². The number of nitrogens with two attached hydrogens (primary N) is 1. The van der Waals surface area contributed by atoms with Gasteiger partial charge in [-0.1, -0.05) is 0 Å². The van der Waals surface area contributed by atoms with Gasteiger partial charge in [-0.15, -0.1) is 24.0 Å². The SMILES string of the molecule is COc1ccc(OC)c(CCCN=C(N)Nc2ccc(OC(C)C)cc2)c1.I. The van der Waals surface area contributed by atoms with Gasteiger partial charge < -0.3 is 25.3 Å². The van der Waals surface area contributed by atoms with Gasteiger partial charge in [0.1, 0.15) is 17.2 Å². The molecule has 0 fully saturated rings. The molecule has 154 valence electrons. The van der Waals surface area contributed by atoms with Crippen LogP contribution in [0.4, 0.5) is 5.69 Å². The van der Waals surface area contributed by atoms with Crippen molar-refractivity contribution in [3.05, 3.63) is 48.0 Å². The van der Waals surface area contributed by atoms with Crippen molar-refractivity contribution in [2.45, 2.75) is 32.8 Å². The van der Waals surface area contributed by atoms with Crippen LogP contribution in [-0.2, 0) is 6.42 Å². The van der Waals surface area contributed by atoms with Crippen molar-refractivity contribution in [2.24, 2.45) is 10.7 Å². The molecule has 0 atom stereocenters. The van der Waals surface area contributed by atoms with Gasteiger partial charge in [0.15, 0.2) is 5.96 Å². The summed E-state index contributed by atoms with van der Waals surface area (Å²) < 4.78 is 16.3. The Kier molecular flexibility index (Phi) is 10.5. The number of hydrogen-bond acceptors (Lipinski definition) is 4. The second kappa shape index (κ2) is 12.3. The van der Waals surface area contributed by atoms with Crippen LogP contribution in [0.1, 0.15) is 25.8 Å². The van der Waals surface area contributed by atoms with E-state index in [0.717, 1.165) is 41.3 Å². The zero-order valence-electron chi connectivity index (χ0n) is 16.9. The van der Waals surface area contributed by atoms with E-state index in [-0.39, 0.29) is 30.1 Å². The zero-order chi connectivity index (χ0) is 19.6. The molecule has 7 heteroatoms. The summed E-state index contributed by atoms with van der Waals surface area (Å²) in [4.78, 5) is 4.38. The highest BCUT2D eigenvalue weighted by molar-refractivity contribution is 14.0. The summed E-state index contributed by atoms with van der Waals surface area (Å²) in [6.07, 6.45) is 1.84. The average molecular weight is 499 g/mol. The third-order valence-electron chi connectivity index (χ3n) is 3.87. The maximum absolute atomic E-state index is 5.97. The summed E-state index contributed by atoms with van der Waals surface area (Å²) >= 11 is 0. The lowest BCUT2D eigenvalue weighted by atomic mass is 10.1. The Bertz CT molecular complexity index is 749. The second-order valence-electron chi connectivity index (χ2n) is 6.36. The van der Waals surface area contributed by atoms with Gasteiger partial charge in [-0.25, -0.2) is 0 Å². The molecule has 0 bridgehead atoms. The number of halogens is 1. The van der Waals surface area contributed by atoms with E-state index in [0.29, 0.717) is 12.5 Å². The summed E-state index contributed by atoms with van der Waals surface area (Å²) in [6, 6.07) is 13.4. The molecule has 2 aromatic carbocycles. The van der Waals surface area contributed by atoms with Gasteiger partial charge in [0.05, 0.1) is 20.3 Å². The Morgan fingerprint density at radius 1 is 1.04 bits per heavy atom.